The highest BCUT2D eigenvalue weighted by molar-refractivity contribution is 9.10. The molecule has 0 fully saturated rings. The van der Waals surface area contributed by atoms with E-state index in [4.69, 9.17) is 4.74 Å². The van der Waals surface area contributed by atoms with Crippen LogP contribution in [0.15, 0.2) is 22.7 Å². The van der Waals surface area contributed by atoms with Crippen LogP contribution in [0.2, 0.25) is 0 Å². The van der Waals surface area contributed by atoms with Crippen molar-refractivity contribution in [2.45, 2.75) is 26.4 Å². The first-order valence-electron chi connectivity index (χ1n) is 5.17. The number of hydrogen-bond acceptors (Lipinski definition) is 2. The van der Waals surface area contributed by atoms with E-state index in [1.165, 1.54) is 18.2 Å². The monoisotopic (exact) mass is 303 g/mol. The second kappa shape index (κ2) is 5.60. The molecule has 0 aliphatic rings. The lowest BCUT2D eigenvalue weighted by Crippen LogP contribution is -2.27. The van der Waals surface area contributed by atoms with Crippen LogP contribution in [0.5, 0.6) is 0 Å². The van der Waals surface area contributed by atoms with Gasteiger partial charge in [0.25, 0.3) is 0 Å². The number of carbonyl (C=O) groups is 1. The lowest BCUT2D eigenvalue weighted by Gasteiger charge is -2.19. The van der Waals surface area contributed by atoms with E-state index >= 15 is 0 Å². The van der Waals surface area contributed by atoms with E-state index in [2.05, 4.69) is 21.2 Å². The van der Waals surface area contributed by atoms with Gasteiger partial charge in [-0.3, -0.25) is 4.79 Å². The number of nitrogens with one attached hydrogen (secondary N) is 1. The zero-order valence-electron chi connectivity index (χ0n) is 10.0. The Morgan fingerprint density at radius 2 is 2.12 bits per heavy atom. The van der Waals surface area contributed by atoms with Gasteiger partial charge in [-0.2, -0.15) is 0 Å². The molecule has 1 amide bonds. The van der Waals surface area contributed by atoms with Gasteiger partial charge in [0.1, 0.15) is 12.4 Å². The molecule has 0 bridgehead atoms. The Kier molecular flexibility index (Phi) is 4.65. The second-order valence-corrected chi connectivity index (χ2v) is 5.43. The smallest absolute Gasteiger partial charge is 0.250 e. The summed E-state index contributed by atoms with van der Waals surface area (Å²) in [6.45, 7) is 5.52. The third kappa shape index (κ3) is 5.28. The highest BCUT2D eigenvalue weighted by Crippen LogP contribution is 2.23. The van der Waals surface area contributed by atoms with Crippen molar-refractivity contribution in [2.24, 2.45) is 0 Å². The van der Waals surface area contributed by atoms with Crippen LogP contribution in [0.25, 0.3) is 0 Å². The number of anilines is 1. The Morgan fingerprint density at radius 1 is 1.47 bits per heavy atom. The maximum absolute atomic E-state index is 13.0. The standard InChI is InChI=1S/C12H15BrFNO2/c1-12(2,3)17-7-11(16)15-10-6-8(14)4-5-9(10)13/h4-6H,7H2,1-3H3,(H,15,16). The molecule has 94 valence electrons. The molecule has 0 aliphatic heterocycles. The van der Waals surface area contributed by atoms with Gasteiger partial charge in [0, 0.05) is 4.47 Å². The predicted molar refractivity (Wildman–Crippen MR) is 68.4 cm³/mol. The highest BCUT2D eigenvalue weighted by Gasteiger charge is 2.13. The van der Waals surface area contributed by atoms with Crippen LogP contribution in [0, 0.1) is 5.82 Å². The minimum Gasteiger partial charge on any atom is -0.366 e. The van der Waals surface area contributed by atoms with E-state index in [0.717, 1.165) is 0 Å². The second-order valence-electron chi connectivity index (χ2n) is 4.57. The molecule has 0 aromatic heterocycles. The van der Waals surface area contributed by atoms with Gasteiger partial charge in [-0.25, -0.2) is 4.39 Å². The van der Waals surface area contributed by atoms with Gasteiger partial charge in [-0.05, 0) is 54.9 Å². The van der Waals surface area contributed by atoms with Crippen LogP contribution in [-0.4, -0.2) is 18.1 Å². The van der Waals surface area contributed by atoms with Crippen molar-refractivity contribution in [1.82, 2.24) is 0 Å². The van der Waals surface area contributed by atoms with Gasteiger partial charge >= 0.3 is 0 Å². The van der Waals surface area contributed by atoms with Gasteiger partial charge in [0.15, 0.2) is 0 Å². The fraction of sp³-hybridized carbons (Fsp3) is 0.417. The summed E-state index contributed by atoms with van der Waals surface area (Å²) in [5.74, 6) is -0.716. The molecule has 1 aromatic carbocycles. The molecular weight excluding hydrogens is 289 g/mol. The maximum atomic E-state index is 13.0. The number of carbonyl (C=O) groups excluding carboxylic acids is 1. The summed E-state index contributed by atoms with van der Waals surface area (Å²) in [6.07, 6.45) is 0. The van der Waals surface area contributed by atoms with Gasteiger partial charge in [0.2, 0.25) is 5.91 Å². The molecule has 0 saturated carbocycles. The van der Waals surface area contributed by atoms with Gasteiger partial charge in [0.05, 0.1) is 11.3 Å². The van der Waals surface area contributed by atoms with Crippen LogP contribution in [0.4, 0.5) is 10.1 Å². The Bertz CT molecular complexity index is 415. The first-order chi connectivity index (χ1) is 7.78. The summed E-state index contributed by atoms with van der Waals surface area (Å²) < 4.78 is 18.9. The molecule has 0 unspecified atom stereocenters. The van der Waals surface area contributed by atoms with Crippen LogP contribution in [0.3, 0.4) is 0 Å². The number of ether oxygens (including phenoxy) is 1. The molecule has 1 N–H and O–H groups in total. The minimum atomic E-state index is -0.403. The molecule has 0 radical (unpaired) electrons. The molecule has 0 aliphatic carbocycles. The summed E-state index contributed by atoms with van der Waals surface area (Å²) in [7, 11) is 0. The number of benzene rings is 1. The fourth-order valence-corrected chi connectivity index (χ4v) is 1.41. The minimum absolute atomic E-state index is 0.0630. The molecule has 5 heteroatoms. The molecule has 17 heavy (non-hydrogen) atoms. The maximum Gasteiger partial charge on any atom is 0.250 e. The Labute approximate surface area is 108 Å². The zero-order chi connectivity index (χ0) is 13.1. The summed E-state index contributed by atoms with van der Waals surface area (Å²) in [5, 5.41) is 2.57. The third-order valence-corrected chi connectivity index (χ3v) is 2.53. The molecule has 1 rings (SSSR count). The van der Waals surface area contributed by atoms with Crippen LogP contribution < -0.4 is 5.32 Å². The van der Waals surface area contributed by atoms with E-state index in [-0.39, 0.29) is 18.1 Å². The van der Waals surface area contributed by atoms with Gasteiger partial charge in [-0.15, -0.1) is 0 Å². The van der Waals surface area contributed by atoms with Crippen LogP contribution in [0.1, 0.15) is 20.8 Å². The molecule has 3 nitrogen and oxygen atoms in total. The van der Waals surface area contributed by atoms with Crippen molar-refractivity contribution in [3.8, 4) is 0 Å². The van der Waals surface area contributed by atoms with E-state index in [0.29, 0.717) is 10.2 Å². The lowest BCUT2D eigenvalue weighted by atomic mass is 10.2. The SMILES string of the molecule is CC(C)(C)OCC(=O)Nc1cc(F)ccc1Br. The van der Waals surface area contributed by atoms with E-state index in [1.54, 1.807) is 0 Å². The molecule has 0 atom stereocenters. The van der Waals surface area contributed by atoms with Crippen molar-refractivity contribution in [1.29, 1.82) is 0 Å². The first kappa shape index (κ1) is 14.1. The Morgan fingerprint density at radius 3 is 2.71 bits per heavy atom. The van der Waals surface area contributed by atoms with Gasteiger partial charge in [-0.1, -0.05) is 0 Å². The normalized spacial score (nSPS) is 11.4. The number of hydrogen-bond donors (Lipinski definition) is 1. The fourth-order valence-electron chi connectivity index (χ4n) is 1.06. The summed E-state index contributed by atoms with van der Waals surface area (Å²) in [4.78, 5) is 11.5. The summed E-state index contributed by atoms with van der Waals surface area (Å²) in [6, 6.07) is 4.10. The third-order valence-electron chi connectivity index (χ3n) is 1.84. The Hall–Kier alpha value is -0.940. The molecule has 0 saturated heterocycles. The predicted octanol–water partition coefficient (Wildman–Crippen LogP) is 3.34. The average Bonchev–Trinajstić information content (AvgIpc) is 2.20. The molecule has 0 spiro atoms. The first-order valence-corrected chi connectivity index (χ1v) is 5.96. The van der Waals surface area contributed by atoms with E-state index < -0.39 is 5.82 Å². The average molecular weight is 304 g/mol. The van der Waals surface area contributed by atoms with Gasteiger partial charge < -0.3 is 10.1 Å². The lowest BCUT2D eigenvalue weighted by molar-refractivity contribution is -0.125. The highest BCUT2D eigenvalue weighted by atomic mass is 79.9. The number of halogens is 2. The van der Waals surface area contributed by atoms with Crippen molar-refractivity contribution in [3.05, 3.63) is 28.5 Å². The number of amides is 1. The number of rotatable bonds is 3. The van der Waals surface area contributed by atoms with Crippen molar-refractivity contribution in [3.63, 3.8) is 0 Å². The van der Waals surface area contributed by atoms with Crippen molar-refractivity contribution in [2.75, 3.05) is 11.9 Å². The van der Waals surface area contributed by atoms with E-state index in [1.807, 2.05) is 20.8 Å². The van der Waals surface area contributed by atoms with Crippen molar-refractivity contribution >= 4 is 27.5 Å². The largest absolute Gasteiger partial charge is 0.366 e. The van der Waals surface area contributed by atoms with Crippen LogP contribution in [-0.2, 0) is 9.53 Å². The molecular formula is C12H15BrFNO2. The summed E-state index contributed by atoms with van der Waals surface area (Å²) >= 11 is 3.23. The zero-order valence-corrected chi connectivity index (χ0v) is 11.6. The topological polar surface area (TPSA) is 38.3 Å². The van der Waals surface area contributed by atoms with E-state index in [9.17, 15) is 9.18 Å². The van der Waals surface area contributed by atoms with Crippen LogP contribution >= 0.6 is 15.9 Å². The molecule has 1 aromatic rings. The van der Waals surface area contributed by atoms with Crippen molar-refractivity contribution < 1.29 is 13.9 Å². The quantitative estimate of drug-likeness (QED) is 0.930. The Balaban J connectivity index is 2.59. The summed E-state index contributed by atoms with van der Waals surface area (Å²) in [5.41, 5.74) is 0.0174. The molecule has 0 heterocycles.